The van der Waals surface area contributed by atoms with Gasteiger partial charge in [0.05, 0.1) is 0 Å². The second kappa shape index (κ2) is 5.10. The number of hydrogen-bond acceptors (Lipinski definition) is 3. The van der Waals surface area contributed by atoms with Crippen LogP contribution in [-0.4, -0.2) is 21.1 Å². The van der Waals surface area contributed by atoms with Crippen LogP contribution < -0.4 is 5.32 Å². The zero-order valence-electron chi connectivity index (χ0n) is 10.9. The molecule has 3 rings (SSSR count). The number of aryl methyl sites for hydroxylation is 1. The molecule has 0 bridgehead atoms. The van der Waals surface area contributed by atoms with Gasteiger partial charge in [-0.2, -0.15) is 0 Å². The third-order valence-corrected chi connectivity index (χ3v) is 3.19. The molecule has 0 saturated carbocycles. The summed E-state index contributed by atoms with van der Waals surface area (Å²) in [5.74, 6) is 0.983. The van der Waals surface area contributed by atoms with E-state index in [-0.39, 0.29) is 0 Å². The maximum atomic E-state index is 4.22. The number of rotatable bonds is 4. The molecular formula is C15H16N4. The lowest BCUT2D eigenvalue weighted by molar-refractivity contribution is 0.870. The van der Waals surface area contributed by atoms with Gasteiger partial charge < -0.3 is 5.32 Å². The molecule has 0 fully saturated rings. The molecule has 3 aromatic rings. The quantitative estimate of drug-likeness (QED) is 0.776. The molecule has 2 heterocycles. The van der Waals surface area contributed by atoms with Crippen molar-refractivity contribution in [3.63, 3.8) is 0 Å². The Morgan fingerprint density at radius 3 is 2.79 bits per heavy atom. The van der Waals surface area contributed by atoms with Crippen molar-refractivity contribution in [1.82, 2.24) is 14.6 Å². The van der Waals surface area contributed by atoms with Gasteiger partial charge in [0.25, 0.3) is 0 Å². The van der Waals surface area contributed by atoms with Gasteiger partial charge in [-0.05, 0) is 30.7 Å². The van der Waals surface area contributed by atoms with E-state index in [1.807, 2.05) is 40.9 Å². The fraction of sp³-hybridized carbons (Fsp3) is 0.200. The van der Waals surface area contributed by atoms with Crippen LogP contribution in [0.5, 0.6) is 0 Å². The Hall–Kier alpha value is -2.36. The Bertz CT molecular complexity index is 687. The van der Waals surface area contributed by atoms with E-state index >= 15 is 0 Å². The van der Waals surface area contributed by atoms with Gasteiger partial charge in [-0.3, -0.25) is 4.40 Å². The molecule has 0 unspecified atom stereocenters. The third-order valence-electron chi connectivity index (χ3n) is 3.19. The number of aromatic nitrogens is 3. The van der Waals surface area contributed by atoms with E-state index in [2.05, 4.69) is 34.6 Å². The SMILES string of the molecule is Cc1ccccc1NCCc1nnc2ccccn12. The minimum Gasteiger partial charge on any atom is -0.384 e. The van der Waals surface area contributed by atoms with Crippen molar-refractivity contribution in [2.45, 2.75) is 13.3 Å². The van der Waals surface area contributed by atoms with Gasteiger partial charge in [0.2, 0.25) is 0 Å². The highest BCUT2D eigenvalue weighted by Gasteiger charge is 2.04. The summed E-state index contributed by atoms with van der Waals surface area (Å²) in [4.78, 5) is 0. The predicted octanol–water partition coefficient (Wildman–Crippen LogP) is 2.69. The highest BCUT2D eigenvalue weighted by molar-refractivity contribution is 5.50. The average Bonchev–Trinajstić information content (AvgIpc) is 2.85. The van der Waals surface area contributed by atoms with E-state index in [0.717, 1.165) is 24.4 Å². The topological polar surface area (TPSA) is 42.2 Å². The van der Waals surface area contributed by atoms with Crippen LogP contribution in [-0.2, 0) is 6.42 Å². The first kappa shape index (κ1) is 11.7. The fourth-order valence-electron chi connectivity index (χ4n) is 2.14. The van der Waals surface area contributed by atoms with Gasteiger partial charge in [-0.15, -0.1) is 10.2 Å². The Morgan fingerprint density at radius 1 is 1.05 bits per heavy atom. The number of nitrogens with zero attached hydrogens (tertiary/aromatic N) is 3. The van der Waals surface area contributed by atoms with Crippen molar-refractivity contribution in [1.29, 1.82) is 0 Å². The molecule has 0 aliphatic heterocycles. The van der Waals surface area contributed by atoms with Gasteiger partial charge in [0.15, 0.2) is 5.65 Å². The number of hydrogen-bond donors (Lipinski definition) is 1. The molecule has 1 aromatic carbocycles. The van der Waals surface area contributed by atoms with E-state index in [0.29, 0.717) is 0 Å². The molecule has 0 aliphatic rings. The summed E-state index contributed by atoms with van der Waals surface area (Å²) in [5.41, 5.74) is 3.33. The summed E-state index contributed by atoms with van der Waals surface area (Å²) in [6, 6.07) is 14.2. The molecule has 0 aliphatic carbocycles. The monoisotopic (exact) mass is 252 g/mol. The summed E-state index contributed by atoms with van der Waals surface area (Å²) < 4.78 is 2.03. The highest BCUT2D eigenvalue weighted by Crippen LogP contribution is 2.13. The Kier molecular flexibility index (Phi) is 3.14. The van der Waals surface area contributed by atoms with E-state index in [1.54, 1.807) is 0 Å². The van der Waals surface area contributed by atoms with Gasteiger partial charge in [0.1, 0.15) is 5.82 Å². The number of fused-ring (bicyclic) bond motifs is 1. The molecule has 4 nitrogen and oxygen atoms in total. The van der Waals surface area contributed by atoms with Crippen LogP contribution in [0.2, 0.25) is 0 Å². The maximum absolute atomic E-state index is 4.22. The van der Waals surface area contributed by atoms with Gasteiger partial charge in [-0.1, -0.05) is 24.3 Å². The lowest BCUT2D eigenvalue weighted by atomic mass is 10.2. The van der Waals surface area contributed by atoms with E-state index in [9.17, 15) is 0 Å². The highest BCUT2D eigenvalue weighted by atomic mass is 15.2. The van der Waals surface area contributed by atoms with Crippen LogP contribution in [0.3, 0.4) is 0 Å². The minimum absolute atomic E-state index is 0.847. The molecule has 0 radical (unpaired) electrons. The molecule has 1 N–H and O–H groups in total. The van der Waals surface area contributed by atoms with Crippen molar-refractivity contribution in [3.8, 4) is 0 Å². The normalized spacial score (nSPS) is 10.8. The van der Waals surface area contributed by atoms with Crippen molar-refractivity contribution in [3.05, 3.63) is 60.0 Å². The summed E-state index contributed by atoms with van der Waals surface area (Å²) in [5, 5.41) is 11.8. The Labute approximate surface area is 112 Å². The van der Waals surface area contributed by atoms with Gasteiger partial charge >= 0.3 is 0 Å². The number of nitrogens with one attached hydrogen (secondary N) is 1. The third kappa shape index (κ3) is 2.42. The van der Waals surface area contributed by atoms with Crippen molar-refractivity contribution in [2.75, 3.05) is 11.9 Å². The first-order chi connectivity index (χ1) is 9.34. The van der Waals surface area contributed by atoms with E-state index < -0.39 is 0 Å². The Balaban J connectivity index is 1.68. The van der Waals surface area contributed by atoms with Crippen LogP contribution in [0, 0.1) is 6.92 Å². The Morgan fingerprint density at radius 2 is 1.89 bits per heavy atom. The van der Waals surface area contributed by atoms with Crippen molar-refractivity contribution < 1.29 is 0 Å². The average molecular weight is 252 g/mol. The standard InChI is InChI=1S/C15H16N4/c1-12-6-2-3-7-13(12)16-10-9-15-18-17-14-8-4-5-11-19(14)15/h2-8,11,16H,9-10H2,1H3. The predicted molar refractivity (Wildman–Crippen MR) is 76.4 cm³/mol. The number of pyridine rings is 1. The van der Waals surface area contributed by atoms with Gasteiger partial charge in [0, 0.05) is 24.8 Å². The smallest absolute Gasteiger partial charge is 0.160 e. The molecule has 0 atom stereocenters. The first-order valence-electron chi connectivity index (χ1n) is 6.43. The van der Waals surface area contributed by atoms with Gasteiger partial charge in [-0.25, -0.2) is 0 Å². The number of para-hydroxylation sites is 1. The van der Waals surface area contributed by atoms with Crippen molar-refractivity contribution >= 4 is 11.3 Å². The molecule has 19 heavy (non-hydrogen) atoms. The lowest BCUT2D eigenvalue weighted by Gasteiger charge is -2.08. The second-order valence-electron chi connectivity index (χ2n) is 4.54. The maximum Gasteiger partial charge on any atom is 0.160 e. The molecule has 96 valence electrons. The molecule has 0 saturated heterocycles. The number of anilines is 1. The van der Waals surface area contributed by atoms with Crippen molar-refractivity contribution in [2.24, 2.45) is 0 Å². The zero-order valence-corrected chi connectivity index (χ0v) is 10.9. The first-order valence-corrected chi connectivity index (χ1v) is 6.43. The largest absolute Gasteiger partial charge is 0.384 e. The van der Waals surface area contributed by atoms with E-state index in [4.69, 9.17) is 0 Å². The molecule has 0 amide bonds. The molecule has 0 spiro atoms. The fourth-order valence-corrected chi connectivity index (χ4v) is 2.14. The summed E-state index contributed by atoms with van der Waals surface area (Å²) in [6.07, 6.45) is 2.85. The summed E-state index contributed by atoms with van der Waals surface area (Å²) in [6.45, 7) is 2.95. The molecule has 2 aromatic heterocycles. The van der Waals surface area contributed by atoms with Crippen LogP contribution in [0.4, 0.5) is 5.69 Å². The van der Waals surface area contributed by atoms with Crippen LogP contribution >= 0.6 is 0 Å². The van der Waals surface area contributed by atoms with Crippen LogP contribution in [0.1, 0.15) is 11.4 Å². The lowest BCUT2D eigenvalue weighted by Crippen LogP contribution is -2.08. The summed E-state index contributed by atoms with van der Waals surface area (Å²) in [7, 11) is 0. The number of benzene rings is 1. The minimum atomic E-state index is 0.847. The van der Waals surface area contributed by atoms with Crippen LogP contribution in [0.15, 0.2) is 48.7 Å². The second-order valence-corrected chi connectivity index (χ2v) is 4.54. The van der Waals surface area contributed by atoms with E-state index in [1.165, 1.54) is 11.3 Å². The molecule has 4 heteroatoms. The zero-order chi connectivity index (χ0) is 13.1. The molecular weight excluding hydrogens is 236 g/mol. The van der Waals surface area contributed by atoms with Crippen LogP contribution in [0.25, 0.3) is 5.65 Å². The summed E-state index contributed by atoms with van der Waals surface area (Å²) >= 11 is 0.